The molecule has 4 heteroatoms. The molecule has 0 saturated heterocycles. The van der Waals surface area contributed by atoms with Crippen molar-refractivity contribution in [1.29, 1.82) is 5.26 Å². The van der Waals surface area contributed by atoms with E-state index in [2.05, 4.69) is 16.2 Å². The van der Waals surface area contributed by atoms with Gasteiger partial charge in [0.25, 0.3) is 0 Å². The van der Waals surface area contributed by atoms with Crippen LogP contribution in [-0.2, 0) is 12.8 Å². The van der Waals surface area contributed by atoms with Crippen LogP contribution in [0.5, 0.6) is 0 Å². The molecule has 1 aromatic heterocycles. The average molecular weight is 240 g/mol. The fourth-order valence-electron chi connectivity index (χ4n) is 1.87. The number of aromatic nitrogens is 3. The van der Waals surface area contributed by atoms with Crippen molar-refractivity contribution in [3.8, 4) is 11.8 Å². The van der Waals surface area contributed by atoms with Crippen molar-refractivity contribution in [2.45, 2.75) is 33.6 Å². The van der Waals surface area contributed by atoms with Gasteiger partial charge in [0.1, 0.15) is 11.9 Å². The van der Waals surface area contributed by atoms with E-state index in [1.165, 1.54) is 0 Å². The van der Waals surface area contributed by atoms with Crippen LogP contribution in [0.3, 0.4) is 0 Å². The van der Waals surface area contributed by atoms with Gasteiger partial charge in [-0.05, 0) is 24.6 Å². The zero-order chi connectivity index (χ0) is 13.1. The third kappa shape index (κ3) is 2.12. The Hall–Kier alpha value is -2.15. The summed E-state index contributed by atoms with van der Waals surface area (Å²) in [5.74, 6) is 1.71. The summed E-state index contributed by atoms with van der Waals surface area (Å²) < 4.78 is 1.80. The van der Waals surface area contributed by atoms with E-state index >= 15 is 0 Å². The van der Waals surface area contributed by atoms with Crippen LogP contribution >= 0.6 is 0 Å². The summed E-state index contributed by atoms with van der Waals surface area (Å²) in [4.78, 5) is 4.47. The number of benzene rings is 1. The van der Waals surface area contributed by atoms with Gasteiger partial charge in [-0.25, -0.2) is 9.67 Å². The Morgan fingerprint density at radius 1 is 1.28 bits per heavy atom. The Labute approximate surface area is 107 Å². The highest BCUT2D eigenvalue weighted by molar-refractivity contribution is 5.50. The van der Waals surface area contributed by atoms with Gasteiger partial charge in [0.2, 0.25) is 0 Å². The minimum atomic E-state index is 0.628. The maximum atomic E-state index is 9.19. The lowest BCUT2D eigenvalue weighted by Crippen LogP contribution is -2.05. The smallest absolute Gasteiger partial charge is 0.151 e. The van der Waals surface area contributed by atoms with Crippen molar-refractivity contribution >= 4 is 0 Å². The van der Waals surface area contributed by atoms with Gasteiger partial charge in [-0.1, -0.05) is 19.9 Å². The van der Waals surface area contributed by atoms with Crippen LogP contribution in [0.2, 0.25) is 0 Å². The minimum absolute atomic E-state index is 0.628. The Morgan fingerprint density at radius 2 is 2.06 bits per heavy atom. The summed E-state index contributed by atoms with van der Waals surface area (Å²) in [6, 6.07) is 7.96. The quantitative estimate of drug-likeness (QED) is 0.828. The maximum Gasteiger partial charge on any atom is 0.151 e. The SMILES string of the molecule is CCc1nc(CC)n(-c2cc(C)ccc2C#N)n1. The molecule has 0 atom stereocenters. The zero-order valence-electron chi connectivity index (χ0n) is 10.9. The molecule has 0 N–H and O–H groups in total. The first-order chi connectivity index (χ1) is 8.69. The van der Waals surface area contributed by atoms with E-state index in [0.29, 0.717) is 5.56 Å². The number of hydrogen-bond donors (Lipinski definition) is 0. The third-order valence-corrected chi connectivity index (χ3v) is 2.85. The van der Waals surface area contributed by atoms with E-state index in [1.54, 1.807) is 4.68 Å². The van der Waals surface area contributed by atoms with Gasteiger partial charge in [-0.15, -0.1) is 0 Å². The van der Waals surface area contributed by atoms with Crippen LogP contribution in [0.15, 0.2) is 18.2 Å². The lowest BCUT2D eigenvalue weighted by Gasteiger charge is -2.07. The highest BCUT2D eigenvalue weighted by Gasteiger charge is 2.12. The molecule has 0 aliphatic rings. The molecule has 1 aromatic carbocycles. The second kappa shape index (κ2) is 5.01. The highest BCUT2D eigenvalue weighted by atomic mass is 15.3. The summed E-state index contributed by atoms with van der Waals surface area (Å²) >= 11 is 0. The molecule has 2 rings (SSSR count). The van der Waals surface area contributed by atoms with Crippen LogP contribution < -0.4 is 0 Å². The first-order valence-electron chi connectivity index (χ1n) is 6.15. The Balaban J connectivity index is 2.64. The molecule has 0 radical (unpaired) electrons. The maximum absolute atomic E-state index is 9.19. The molecule has 0 aliphatic carbocycles. The molecule has 0 bridgehead atoms. The predicted molar refractivity (Wildman–Crippen MR) is 69.6 cm³/mol. The second-order valence-electron chi connectivity index (χ2n) is 4.20. The van der Waals surface area contributed by atoms with Gasteiger partial charge in [0.15, 0.2) is 5.82 Å². The van der Waals surface area contributed by atoms with Gasteiger partial charge in [-0.3, -0.25) is 0 Å². The molecule has 0 fully saturated rings. The van der Waals surface area contributed by atoms with Gasteiger partial charge in [-0.2, -0.15) is 10.4 Å². The molecule has 1 heterocycles. The van der Waals surface area contributed by atoms with Crippen molar-refractivity contribution in [1.82, 2.24) is 14.8 Å². The number of nitriles is 1. The molecule has 0 aliphatic heterocycles. The normalized spacial score (nSPS) is 10.3. The highest BCUT2D eigenvalue weighted by Crippen LogP contribution is 2.17. The summed E-state index contributed by atoms with van der Waals surface area (Å²) in [6.07, 6.45) is 1.60. The fourth-order valence-corrected chi connectivity index (χ4v) is 1.87. The molecule has 0 saturated carbocycles. The second-order valence-corrected chi connectivity index (χ2v) is 4.20. The molecule has 0 spiro atoms. The summed E-state index contributed by atoms with van der Waals surface area (Å²) in [6.45, 7) is 6.08. The van der Waals surface area contributed by atoms with E-state index in [-0.39, 0.29) is 0 Å². The number of rotatable bonds is 3. The number of hydrogen-bond acceptors (Lipinski definition) is 3. The largest absolute Gasteiger partial charge is 0.216 e. The molecule has 18 heavy (non-hydrogen) atoms. The van der Waals surface area contributed by atoms with Crippen LogP contribution in [0.4, 0.5) is 0 Å². The standard InChI is InChI=1S/C14H16N4/c1-4-13-16-14(5-2)18(17-13)12-8-10(3)6-7-11(12)9-15/h6-8H,4-5H2,1-3H3. The van der Waals surface area contributed by atoms with Gasteiger partial charge < -0.3 is 0 Å². The topological polar surface area (TPSA) is 54.5 Å². The molecule has 92 valence electrons. The van der Waals surface area contributed by atoms with E-state index in [1.807, 2.05) is 39.0 Å². The molecule has 2 aromatic rings. The lowest BCUT2D eigenvalue weighted by molar-refractivity contribution is 0.788. The van der Waals surface area contributed by atoms with Gasteiger partial charge in [0, 0.05) is 12.8 Å². The Bertz CT molecular complexity index is 605. The molecule has 4 nitrogen and oxygen atoms in total. The number of aryl methyl sites for hydroxylation is 3. The molecule has 0 amide bonds. The average Bonchev–Trinajstić information content (AvgIpc) is 2.81. The number of nitrogens with zero attached hydrogens (tertiary/aromatic N) is 4. The van der Waals surface area contributed by atoms with E-state index < -0.39 is 0 Å². The van der Waals surface area contributed by atoms with Crippen molar-refractivity contribution in [3.05, 3.63) is 41.0 Å². The van der Waals surface area contributed by atoms with Gasteiger partial charge in [0.05, 0.1) is 11.3 Å². The lowest BCUT2D eigenvalue weighted by atomic mass is 10.1. The van der Waals surface area contributed by atoms with Crippen LogP contribution in [0.25, 0.3) is 5.69 Å². The minimum Gasteiger partial charge on any atom is -0.216 e. The predicted octanol–water partition coefficient (Wildman–Crippen LogP) is 2.57. The van der Waals surface area contributed by atoms with E-state index in [4.69, 9.17) is 0 Å². The van der Waals surface area contributed by atoms with Crippen molar-refractivity contribution in [2.75, 3.05) is 0 Å². The first-order valence-corrected chi connectivity index (χ1v) is 6.15. The first kappa shape index (κ1) is 12.3. The van der Waals surface area contributed by atoms with Crippen molar-refractivity contribution in [2.24, 2.45) is 0 Å². The van der Waals surface area contributed by atoms with Gasteiger partial charge >= 0.3 is 0 Å². The molecular formula is C14H16N4. The summed E-state index contributed by atoms with van der Waals surface area (Å²) in [5, 5.41) is 13.7. The van der Waals surface area contributed by atoms with E-state index in [0.717, 1.165) is 35.7 Å². The molecule has 0 unspecified atom stereocenters. The third-order valence-electron chi connectivity index (χ3n) is 2.85. The summed E-state index contributed by atoms with van der Waals surface area (Å²) in [5.41, 5.74) is 2.56. The Kier molecular flexibility index (Phi) is 3.42. The fraction of sp³-hybridized carbons (Fsp3) is 0.357. The van der Waals surface area contributed by atoms with Crippen molar-refractivity contribution < 1.29 is 0 Å². The summed E-state index contributed by atoms with van der Waals surface area (Å²) in [7, 11) is 0. The molecular weight excluding hydrogens is 224 g/mol. The van der Waals surface area contributed by atoms with Crippen LogP contribution in [0, 0.1) is 18.3 Å². The Morgan fingerprint density at radius 3 is 2.67 bits per heavy atom. The van der Waals surface area contributed by atoms with Crippen LogP contribution in [0.1, 0.15) is 36.6 Å². The monoisotopic (exact) mass is 240 g/mol. The van der Waals surface area contributed by atoms with E-state index in [9.17, 15) is 5.26 Å². The van der Waals surface area contributed by atoms with Crippen molar-refractivity contribution in [3.63, 3.8) is 0 Å². The zero-order valence-corrected chi connectivity index (χ0v) is 10.9. The van der Waals surface area contributed by atoms with Crippen LogP contribution in [-0.4, -0.2) is 14.8 Å².